The number of anilines is 1. The van der Waals surface area contributed by atoms with Crippen molar-refractivity contribution in [2.45, 2.75) is 18.9 Å². The van der Waals surface area contributed by atoms with Gasteiger partial charge in [-0.3, -0.25) is 4.68 Å². The summed E-state index contributed by atoms with van der Waals surface area (Å²) in [5.74, 6) is -1.75. The first-order chi connectivity index (χ1) is 15.1. The van der Waals surface area contributed by atoms with Crippen molar-refractivity contribution < 1.29 is 13.5 Å². The lowest BCUT2D eigenvalue weighted by Crippen LogP contribution is -2.19. The molecule has 31 heavy (non-hydrogen) atoms. The molecular weight excluding hydrogens is 406 g/mol. The molecule has 11 heteroatoms. The van der Waals surface area contributed by atoms with Crippen molar-refractivity contribution in [1.82, 2.24) is 35.0 Å². The van der Waals surface area contributed by atoms with Gasteiger partial charge < -0.3 is 10.5 Å². The smallest absolute Gasteiger partial charge is 0.190 e. The van der Waals surface area contributed by atoms with Gasteiger partial charge in [0.25, 0.3) is 0 Å². The van der Waals surface area contributed by atoms with E-state index >= 15 is 0 Å². The van der Waals surface area contributed by atoms with Crippen LogP contribution in [0.5, 0.6) is 0 Å². The highest BCUT2D eigenvalue weighted by Gasteiger charge is 2.21. The number of nitrogens with two attached hydrogens (primary N) is 1. The van der Waals surface area contributed by atoms with Crippen LogP contribution >= 0.6 is 0 Å². The van der Waals surface area contributed by atoms with Gasteiger partial charge in [0.1, 0.15) is 11.5 Å². The second-order valence-corrected chi connectivity index (χ2v) is 7.20. The van der Waals surface area contributed by atoms with Crippen LogP contribution in [0.1, 0.15) is 18.9 Å². The number of rotatable bonds is 4. The number of aromatic nitrogens is 7. The summed E-state index contributed by atoms with van der Waals surface area (Å²) in [4.78, 5) is 4.25. The van der Waals surface area contributed by atoms with Gasteiger partial charge in [-0.1, -0.05) is 6.07 Å². The quantitative estimate of drug-likeness (QED) is 0.536. The minimum Gasteiger partial charge on any atom is -0.383 e. The zero-order valence-corrected chi connectivity index (χ0v) is 16.3. The second-order valence-electron chi connectivity index (χ2n) is 7.20. The number of nitrogens with zero attached hydrogens (tertiary/aromatic N) is 7. The summed E-state index contributed by atoms with van der Waals surface area (Å²) < 4.78 is 36.5. The Morgan fingerprint density at radius 3 is 2.77 bits per heavy atom. The van der Waals surface area contributed by atoms with Crippen molar-refractivity contribution in [1.29, 1.82) is 0 Å². The summed E-state index contributed by atoms with van der Waals surface area (Å²) in [6, 6.07) is 5.82. The molecule has 1 saturated heterocycles. The Morgan fingerprint density at radius 1 is 1.10 bits per heavy atom. The number of nitrogen functional groups attached to an aromatic ring is 1. The number of pyridine rings is 1. The number of ether oxygens (including phenoxy) is 1. The van der Waals surface area contributed by atoms with E-state index in [1.807, 2.05) is 10.9 Å². The Hall–Kier alpha value is -3.73. The summed E-state index contributed by atoms with van der Waals surface area (Å²) in [6.45, 7) is 1.43. The van der Waals surface area contributed by atoms with Crippen LogP contribution in [0.15, 0.2) is 42.9 Å². The first-order valence-electron chi connectivity index (χ1n) is 9.73. The average Bonchev–Trinajstić information content (AvgIpc) is 3.47. The highest BCUT2D eigenvalue weighted by atomic mass is 19.2. The lowest BCUT2D eigenvalue weighted by Gasteiger charge is -2.22. The largest absolute Gasteiger partial charge is 0.383 e. The summed E-state index contributed by atoms with van der Waals surface area (Å²) >= 11 is 0. The average molecular weight is 424 g/mol. The van der Waals surface area contributed by atoms with E-state index in [1.165, 1.54) is 12.1 Å². The fourth-order valence-electron chi connectivity index (χ4n) is 3.62. The molecular formula is C20H18F2N8O. The molecule has 0 spiro atoms. The number of halogens is 2. The maximum Gasteiger partial charge on any atom is 0.190 e. The molecule has 0 aliphatic carbocycles. The van der Waals surface area contributed by atoms with E-state index in [-0.39, 0.29) is 23.4 Å². The zero-order chi connectivity index (χ0) is 21.4. The minimum atomic E-state index is -1.06. The number of hydrogen-bond donors (Lipinski definition) is 1. The summed E-state index contributed by atoms with van der Waals surface area (Å²) in [5, 5.41) is 15.9. The van der Waals surface area contributed by atoms with Crippen LogP contribution in [0.3, 0.4) is 0 Å². The van der Waals surface area contributed by atoms with E-state index in [9.17, 15) is 8.78 Å². The first kappa shape index (κ1) is 19.2. The fourth-order valence-corrected chi connectivity index (χ4v) is 3.62. The number of hydrogen-bond acceptors (Lipinski definition) is 7. The van der Waals surface area contributed by atoms with Gasteiger partial charge in [0, 0.05) is 36.7 Å². The van der Waals surface area contributed by atoms with Gasteiger partial charge in [-0.05, 0) is 41.5 Å². The Balaban J connectivity index is 1.53. The molecule has 0 bridgehead atoms. The van der Waals surface area contributed by atoms with Crippen LogP contribution in [0.4, 0.5) is 14.6 Å². The van der Waals surface area contributed by atoms with Crippen molar-refractivity contribution in [2.75, 3.05) is 18.9 Å². The van der Waals surface area contributed by atoms with Crippen LogP contribution < -0.4 is 5.73 Å². The molecule has 158 valence electrons. The van der Waals surface area contributed by atoms with Crippen LogP contribution in [-0.4, -0.2) is 48.2 Å². The predicted molar refractivity (Wildman–Crippen MR) is 107 cm³/mol. The highest BCUT2D eigenvalue weighted by Crippen LogP contribution is 2.31. The van der Waals surface area contributed by atoms with Crippen molar-refractivity contribution in [3.05, 3.63) is 54.5 Å². The number of tetrazole rings is 1. The molecule has 2 N–H and O–H groups in total. The molecule has 0 unspecified atom stereocenters. The standard InChI is InChI=1S/C20H18F2N8O/c21-16-2-1-3-17(18(16)22)30-20(26-27-28-30)15-8-12(9-24-19(15)23)13-10-25-29(11-13)14-4-6-31-7-5-14/h1-3,8-11,14H,4-7H2,(H2,23,24). The third-order valence-corrected chi connectivity index (χ3v) is 5.29. The van der Waals surface area contributed by atoms with Gasteiger partial charge >= 0.3 is 0 Å². The topological polar surface area (TPSA) is 110 Å². The van der Waals surface area contributed by atoms with Gasteiger partial charge in [0.2, 0.25) is 0 Å². The van der Waals surface area contributed by atoms with Crippen molar-refractivity contribution in [2.24, 2.45) is 0 Å². The van der Waals surface area contributed by atoms with Crippen molar-refractivity contribution in [3.63, 3.8) is 0 Å². The highest BCUT2D eigenvalue weighted by molar-refractivity contribution is 5.76. The third-order valence-electron chi connectivity index (χ3n) is 5.29. The molecule has 4 aromatic rings. The normalized spacial score (nSPS) is 14.8. The zero-order valence-electron chi connectivity index (χ0n) is 16.3. The molecule has 0 saturated carbocycles. The van der Waals surface area contributed by atoms with Gasteiger partial charge in [0.05, 0.1) is 17.8 Å². The molecule has 3 aromatic heterocycles. The lowest BCUT2D eigenvalue weighted by atomic mass is 10.1. The van der Waals surface area contributed by atoms with E-state index < -0.39 is 11.6 Å². The maximum absolute atomic E-state index is 14.3. The monoisotopic (exact) mass is 424 g/mol. The van der Waals surface area contributed by atoms with E-state index in [2.05, 4.69) is 25.6 Å². The van der Waals surface area contributed by atoms with Crippen molar-refractivity contribution in [3.8, 4) is 28.2 Å². The fraction of sp³-hybridized carbons (Fsp3) is 0.250. The third kappa shape index (κ3) is 3.52. The van der Waals surface area contributed by atoms with Crippen LogP contribution in [0, 0.1) is 11.6 Å². The Kier molecular flexibility index (Phi) is 4.86. The van der Waals surface area contributed by atoms with E-state index in [4.69, 9.17) is 10.5 Å². The van der Waals surface area contributed by atoms with Crippen LogP contribution in [-0.2, 0) is 4.74 Å². The maximum atomic E-state index is 14.3. The first-order valence-corrected chi connectivity index (χ1v) is 9.73. The van der Waals surface area contributed by atoms with Gasteiger partial charge in [-0.15, -0.1) is 5.10 Å². The summed E-state index contributed by atoms with van der Waals surface area (Å²) in [5.41, 5.74) is 7.93. The van der Waals surface area contributed by atoms with E-state index in [1.54, 1.807) is 18.5 Å². The SMILES string of the molecule is Nc1ncc(-c2cnn(C3CCOCC3)c2)cc1-c1nnnn1-c1cccc(F)c1F. The lowest BCUT2D eigenvalue weighted by molar-refractivity contribution is 0.0662. The molecule has 1 fully saturated rings. The molecule has 0 amide bonds. The van der Waals surface area contributed by atoms with E-state index in [0.29, 0.717) is 18.8 Å². The molecule has 1 aliphatic heterocycles. The molecule has 5 rings (SSSR count). The summed E-state index contributed by atoms with van der Waals surface area (Å²) in [7, 11) is 0. The van der Waals surface area contributed by atoms with Crippen LogP contribution in [0.25, 0.3) is 28.2 Å². The van der Waals surface area contributed by atoms with Gasteiger partial charge in [0.15, 0.2) is 17.5 Å². The molecule has 9 nitrogen and oxygen atoms in total. The molecule has 1 aliphatic rings. The minimum absolute atomic E-state index is 0.128. The molecule has 0 atom stereocenters. The van der Waals surface area contributed by atoms with Crippen molar-refractivity contribution >= 4 is 5.82 Å². The summed E-state index contributed by atoms with van der Waals surface area (Å²) in [6.07, 6.45) is 7.13. The van der Waals surface area contributed by atoms with Gasteiger partial charge in [-0.2, -0.15) is 9.78 Å². The predicted octanol–water partition coefficient (Wildman–Crippen LogP) is 2.80. The molecule has 4 heterocycles. The van der Waals surface area contributed by atoms with Crippen LogP contribution in [0.2, 0.25) is 0 Å². The number of benzene rings is 1. The van der Waals surface area contributed by atoms with E-state index in [0.717, 1.165) is 34.7 Å². The Bertz CT molecular complexity index is 1230. The molecule has 0 radical (unpaired) electrons. The second kappa shape index (κ2) is 7.84. The molecule has 1 aromatic carbocycles. The van der Waals surface area contributed by atoms with Gasteiger partial charge in [-0.25, -0.2) is 13.8 Å². The Labute approximate surface area is 175 Å². The Morgan fingerprint density at radius 2 is 1.94 bits per heavy atom.